The summed E-state index contributed by atoms with van der Waals surface area (Å²) >= 11 is 0. The summed E-state index contributed by atoms with van der Waals surface area (Å²) in [4.78, 5) is 17.5. The molecule has 2 aliphatic heterocycles. The van der Waals surface area contributed by atoms with Crippen molar-refractivity contribution in [2.45, 2.75) is 38.6 Å². The third kappa shape index (κ3) is 5.11. The SMILES string of the molecule is COc1ccc(/C=C/C(=O)c2ccc(N3CCCCC3)cc2)cc1CN1CCCC1. The zero-order valence-electron chi connectivity index (χ0n) is 18.0. The number of hydrogen-bond acceptors (Lipinski definition) is 4. The van der Waals surface area contributed by atoms with E-state index in [2.05, 4.69) is 28.0 Å². The summed E-state index contributed by atoms with van der Waals surface area (Å²) in [6.07, 6.45) is 9.96. The lowest BCUT2D eigenvalue weighted by atomic mass is 10.1. The molecule has 4 rings (SSSR count). The van der Waals surface area contributed by atoms with Crippen LogP contribution in [-0.4, -0.2) is 44.0 Å². The Kier molecular flexibility index (Phi) is 6.85. The Labute approximate surface area is 180 Å². The summed E-state index contributed by atoms with van der Waals surface area (Å²) in [6.45, 7) is 5.43. The first-order valence-electron chi connectivity index (χ1n) is 11.2. The van der Waals surface area contributed by atoms with Crippen molar-refractivity contribution in [2.24, 2.45) is 0 Å². The Bertz CT molecular complexity index is 876. The van der Waals surface area contributed by atoms with E-state index in [1.54, 1.807) is 13.2 Å². The molecule has 158 valence electrons. The third-order valence-electron chi connectivity index (χ3n) is 6.20. The van der Waals surface area contributed by atoms with E-state index in [0.29, 0.717) is 0 Å². The maximum atomic E-state index is 12.7. The van der Waals surface area contributed by atoms with Crippen LogP contribution in [0, 0.1) is 0 Å². The van der Waals surface area contributed by atoms with Crippen molar-refractivity contribution < 1.29 is 9.53 Å². The molecule has 0 atom stereocenters. The van der Waals surface area contributed by atoms with E-state index in [1.807, 2.05) is 30.3 Å². The number of hydrogen-bond donors (Lipinski definition) is 0. The van der Waals surface area contributed by atoms with Gasteiger partial charge in [0.2, 0.25) is 0 Å². The molecule has 0 unspecified atom stereocenters. The Morgan fingerprint density at radius 2 is 1.63 bits per heavy atom. The number of methoxy groups -OCH3 is 1. The Morgan fingerprint density at radius 3 is 2.33 bits per heavy atom. The average molecular weight is 405 g/mol. The second kappa shape index (κ2) is 9.94. The van der Waals surface area contributed by atoms with Crippen LogP contribution in [0.3, 0.4) is 0 Å². The molecule has 0 amide bonds. The van der Waals surface area contributed by atoms with Crippen molar-refractivity contribution in [1.29, 1.82) is 0 Å². The molecule has 0 aliphatic carbocycles. The molecule has 4 heteroatoms. The van der Waals surface area contributed by atoms with E-state index in [4.69, 9.17) is 4.74 Å². The van der Waals surface area contributed by atoms with Gasteiger partial charge in [-0.1, -0.05) is 12.1 Å². The monoisotopic (exact) mass is 404 g/mol. The lowest BCUT2D eigenvalue weighted by molar-refractivity contribution is 0.104. The predicted octanol–water partition coefficient (Wildman–Crippen LogP) is 5.18. The number of ketones is 1. The molecular formula is C26H32N2O2. The molecular weight excluding hydrogens is 372 g/mol. The number of nitrogens with zero attached hydrogens (tertiary/aromatic N) is 2. The van der Waals surface area contributed by atoms with Gasteiger partial charge in [-0.15, -0.1) is 0 Å². The molecule has 4 nitrogen and oxygen atoms in total. The maximum absolute atomic E-state index is 12.7. The summed E-state index contributed by atoms with van der Waals surface area (Å²) < 4.78 is 5.55. The number of rotatable bonds is 7. The van der Waals surface area contributed by atoms with E-state index in [9.17, 15) is 4.79 Å². The fourth-order valence-corrected chi connectivity index (χ4v) is 4.46. The molecule has 2 fully saturated rings. The molecule has 2 aromatic carbocycles. The summed E-state index contributed by atoms with van der Waals surface area (Å²) in [6, 6.07) is 14.2. The molecule has 0 saturated carbocycles. The normalized spacial score (nSPS) is 17.6. The Morgan fingerprint density at radius 1 is 0.933 bits per heavy atom. The average Bonchev–Trinajstić information content (AvgIpc) is 3.31. The summed E-state index contributed by atoms with van der Waals surface area (Å²) in [5, 5.41) is 0. The van der Waals surface area contributed by atoms with E-state index >= 15 is 0 Å². The van der Waals surface area contributed by atoms with Gasteiger partial charge in [0.05, 0.1) is 7.11 Å². The lowest BCUT2D eigenvalue weighted by Crippen LogP contribution is -2.29. The van der Waals surface area contributed by atoms with Crippen molar-refractivity contribution in [3.05, 3.63) is 65.2 Å². The van der Waals surface area contributed by atoms with Crippen LogP contribution in [0.2, 0.25) is 0 Å². The van der Waals surface area contributed by atoms with Crippen LogP contribution in [0.25, 0.3) is 6.08 Å². The number of allylic oxidation sites excluding steroid dienone is 1. The van der Waals surface area contributed by atoms with Crippen molar-refractivity contribution in [1.82, 2.24) is 4.90 Å². The fourth-order valence-electron chi connectivity index (χ4n) is 4.46. The van der Waals surface area contributed by atoms with Gasteiger partial charge in [0.25, 0.3) is 0 Å². The van der Waals surface area contributed by atoms with Crippen LogP contribution in [0.5, 0.6) is 5.75 Å². The summed E-state index contributed by atoms with van der Waals surface area (Å²) in [5.41, 5.74) is 4.16. The second-order valence-corrected chi connectivity index (χ2v) is 8.35. The second-order valence-electron chi connectivity index (χ2n) is 8.35. The molecule has 30 heavy (non-hydrogen) atoms. The van der Waals surface area contributed by atoms with Gasteiger partial charge in [-0.3, -0.25) is 9.69 Å². The molecule has 2 saturated heterocycles. The molecule has 0 N–H and O–H groups in total. The number of likely N-dealkylation sites (tertiary alicyclic amines) is 1. The first kappa shape index (κ1) is 20.7. The zero-order valence-corrected chi connectivity index (χ0v) is 18.0. The van der Waals surface area contributed by atoms with Gasteiger partial charge >= 0.3 is 0 Å². The van der Waals surface area contributed by atoms with Gasteiger partial charge in [0, 0.05) is 36.4 Å². The Balaban J connectivity index is 1.42. The van der Waals surface area contributed by atoms with Crippen LogP contribution in [0.15, 0.2) is 48.5 Å². The first-order valence-corrected chi connectivity index (χ1v) is 11.2. The topological polar surface area (TPSA) is 32.8 Å². The molecule has 2 aromatic rings. The highest BCUT2D eigenvalue weighted by Crippen LogP contribution is 2.24. The van der Waals surface area contributed by atoms with Crippen LogP contribution < -0.4 is 9.64 Å². The van der Waals surface area contributed by atoms with Crippen molar-refractivity contribution in [3.8, 4) is 5.75 Å². The highest BCUT2D eigenvalue weighted by Gasteiger charge is 2.15. The maximum Gasteiger partial charge on any atom is 0.185 e. The largest absolute Gasteiger partial charge is 0.496 e. The molecule has 0 spiro atoms. The number of piperidine rings is 1. The predicted molar refractivity (Wildman–Crippen MR) is 123 cm³/mol. The third-order valence-corrected chi connectivity index (χ3v) is 6.20. The summed E-state index contributed by atoms with van der Waals surface area (Å²) in [5.74, 6) is 0.954. The van der Waals surface area contributed by atoms with Crippen LogP contribution in [-0.2, 0) is 6.54 Å². The van der Waals surface area contributed by atoms with Crippen LogP contribution >= 0.6 is 0 Å². The van der Waals surface area contributed by atoms with Crippen molar-refractivity contribution in [3.63, 3.8) is 0 Å². The van der Waals surface area contributed by atoms with Crippen LogP contribution in [0.1, 0.15) is 53.6 Å². The highest BCUT2D eigenvalue weighted by molar-refractivity contribution is 6.07. The molecule has 0 aromatic heterocycles. The Hall–Kier alpha value is -2.59. The minimum absolute atomic E-state index is 0.0390. The van der Waals surface area contributed by atoms with Crippen molar-refractivity contribution in [2.75, 3.05) is 38.2 Å². The van der Waals surface area contributed by atoms with Gasteiger partial charge in [-0.05, 0) is 93.2 Å². The molecule has 0 radical (unpaired) electrons. The first-order chi connectivity index (χ1) is 14.7. The highest BCUT2D eigenvalue weighted by atomic mass is 16.5. The van der Waals surface area contributed by atoms with Gasteiger partial charge in [-0.25, -0.2) is 0 Å². The number of ether oxygens (including phenoxy) is 1. The minimum atomic E-state index is 0.0390. The number of carbonyl (C=O) groups is 1. The van der Waals surface area contributed by atoms with E-state index in [-0.39, 0.29) is 5.78 Å². The standard InChI is InChI=1S/C26H32N2O2/c1-30-26-14-8-21(19-23(26)20-27-15-5-6-16-27)7-13-25(29)22-9-11-24(12-10-22)28-17-3-2-4-18-28/h7-14,19H,2-6,15-18,20H2,1H3/b13-7+. The number of carbonyl (C=O) groups excluding carboxylic acids is 1. The van der Waals surface area contributed by atoms with Gasteiger partial charge in [0.15, 0.2) is 5.78 Å². The van der Waals surface area contributed by atoms with E-state index in [1.165, 1.54) is 43.4 Å². The van der Waals surface area contributed by atoms with Crippen molar-refractivity contribution >= 4 is 17.5 Å². The number of anilines is 1. The van der Waals surface area contributed by atoms with Gasteiger partial charge < -0.3 is 9.64 Å². The quantitative estimate of drug-likeness (QED) is 0.470. The van der Waals surface area contributed by atoms with Gasteiger partial charge in [-0.2, -0.15) is 0 Å². The van der Waals surface area contributed by atoms with E-state index < -0.39 is 0 Å². The fraction of sp³-hybridized carbons (Fsp3) is 0.423. The molecule has 0 bridgehead atoms. The smallest absolute Gasteiger partial charge is 0.185 e. The minimum Gasteiger partial charge on any atom is -0.496 e. The molecule has 2 heterocycles. The molecule has 2 aliphatic rings. The summed E-state index contributed by atoms with van der Waals surface area (Å²) in [7, 11) is 1.72. The lowest BCUT2D eigenvalue weighted by Gasteiger charge is -2.28. The number of benzene rings is 2. The van der Waals surface area contributed by atoms with Crippen LogP contribution in [0.4, 0.5) is 5.69 Å². The zero-order chi connectivity index (χ0) is 20.8. The van der Waals surface area contributed by atoms with Gasteiger partial charge in [0.1, 0.15) is 5.75 Å². The van der Waals surface area contributed by atoms with E-state index in [0.717, 1.165) is 49.6 Å².